The minimum absolute atomic E-state index is 0.123. The van der Waals surface area contributed by atoms with Crippen molar-refractivity contribution in [3.63, 3.8) is 0 Å². The summed E-state index contributed by atoms with van der Waals surface area (Å²) < 4.78 is 6.12. The molecule has 120 valence electrons. The summed E-state index contributed by atoms with van der Waals surface area (Å²) in [6.45, 7) is 1.02. The quantitative estimate of drug-likeness (QED) is 0.891. The van der Waals surface area contributed by atoms with E-state index in [-0.39, 0.29) is 17.6 Å². The summed E-state index contributed by atoms with van der Waals surface area (Å²) in [7, 11) is 0. The van der Waals surface area contributed by atoms with E-state index in [0.29, 0.717) is 19.5 Å². The first kappa shape index (κ1) is 15.8. The zero-order valence-electron chi connectivity index (χ0n) is 12.5. The van der Waals surface area contributed by atoms with Gasteiger partial charge in [-0.1, -0.05) is 28.1 Å². The minimum Gasteiger partial charge on any atom is -0.459 e. The molecule has 2 amide bonds. The van der Waals surface area contributed by atoms with Gasteiger partial charge < -0.3 is 14.6 Å². The van der Waals surface area contributed by atoms with Crippen molar-refractivity contribution in [2.75, 3.05) is 6.54 Å². The van der Waals surface area contributed by atoms with Gasteiger partial charge in [-0.2, -0.15) is 0 Å². The van der Waals surface area contributed by atoms with Crippen LogP contribution in [0.5, 0.6) is 0 Å². The molecule has 1 aromatic heterocycles. The summed E-state index contributed by atoms with van der Waals surface area (Å²) in [6.07, 6.45) is 2.96. The highest BCUT2D eigenvalue weighted by Crippen LogP contribution is 2.21. The van der Waals surface area contributed by atoms with Gasteiger partial charge in [-0.15, -0.1) is 0 Å². The molecule has 1 saturated heterocycles. The Labute approximate surface area is 142 Å². The second kappa shape index (κ2) is 7.00. The standard InChI is InChI=1S/C17H17BrN2O3/c18-13-5-1-4-12(10-13)11-19-16(21)14-6-2-8-20(14)17(22)15-7-3-9-23-15/h1,3-5,7,9-10,14H,2,6,8,11H2,(H,19,21). The zero-order chi connectivity index (χ0) is 16.2. The number of likely N-dealkylation sites (tertiary alicyclic amines) is 1. The summed E-state index contributed by atoms with van der Waals surface area (Å²) >= 11 is 3.41. The molecule has 1 aliphatic rings. The SMILES string of the molecule is O=C(NCc1cccc(Br)c1)C1CCCN1C(=O)c1ccco1. The first-order valence-electron chi connectivity index (χ1n) is 7.52. The number of benzene rings is 1. The maximum atomic E-state index is 12.4. The first-order chi connectivity index (χ1) is 11.1. The number of nitrogens with one attached hydrogen (secondary N) is 1. The van der Waals surface area contributed by atoms with E-state index in [1.54, 1.807) is 17.0 Å². The van der Waals surface area contributed by atoms with Crippen LogP contribution in [0.1, 0.15) is 29.0 Å². The molecule has 0 spiro atoms. The third-order valence-electron chi connectivity index (χ3n) is 3.90. The highest BCUT2D eigenvalue weighted by atomic mass is 79.9. The van der Waals surface area contributed by atoms with E-state index in [1.807, 2.05) is 24.3 Å². The second-order valence-electron chi connectivity index (χ2n) is 5.48. The Hall–Kier alpha value is -2.08. The van der Waals surface area contributed by atoms with Crippen LogP contribution in [0.15, 0.2) is 51.6 Å². The number of carbonyl (C=O) groups is 2. The Morgan fingerprint density at radius 3 is 2.91 bits per heavy atom. The van der Waals surface area contributed by atoms with Crippen LogP contribution < -0.4 is 5.32 Å². The lowest BCUT2D eigenvalue weighted by atomic mass is 10.2. The van der Waals surface area contributed by atoms with Crippen LogP contribution in [0.4, 0.5) is 0 Å². The molecular formula is C17H17BrN2O3. The number of amides is 2. The molecule has 1 aliphatic heterocycles. The van der Waals surface area contributed by atoms with Crippen molar-refractivity contribution in [2.24, 2.45) is 0 Å². The Balaban J connectivity index is 1.63. The summed E-state index contributed by atoms with van der Waals surface area (Å²) in [5, 5.41) is 2.91. The van der Waals surface area contributed by atoms with Crippen molar-refractivity contribution >= 4 is 27.7 Å². The lowest BCUT2D eigenvalue weighted by Crippen LogP contribution is -2.45. The average Bonchev–Trinajstić information content (AvgIpc) is 3.23. The summed E-state index contributed by atoms with van der Waals surface area (Å²) in [5.41, 5.74) is 1.01. The Morgan fingerprint density at radius 2 is 2.17 bits per heavy atom. The third-order valence-corrected chi connectivity index (χ3v) is 4.40. The van der Waals surface area contributed by atoms with Gasteiger partial charge in [0.15, 0.2) is 5.76 Å². The molecule has 1 atom stereocenters. The van der Waals surface area contributed by atoms with E-state index < -0.39 is 6.04 Å². The molecule has 0 bridgehead atoms. The van der Waals surface area contributed by atoms with Crippen LogP contribution >= 0.6 is 15.9 Å². The molecule has 23 heavy (non-hydrogen) atoms. The number of nitrogens with zero attached hydrogens (tertiary/aromatic N) is 1. The molecule has 0 radical (unpaired) electrons. The van der Waals surface area contributed by atoms with Crippen LogP contribution in [0.2, 0.25) is 0 Å². The number of furan rings is 1. The number of halogens is 1. The van der Waals surface area contributed by atoms with Crippen LogP contribution in [-0.2, 0) is 11.3 Å². The highest BCUT2D eigenvalue weighted by Gasteiger charge is 2.35. The van der Waals surface area contributed by atoms with Crippen LogP contribution in [0, 0.1) is 0 Å². The third kappa shape index (κ3) is 3.64. The van der Waals surface area contributed by atoms with Gasteiger partial charge >= 0.3 is 0 Å². The summed E-state index contributed by atoms with van der Waals surface area (Å²) in [5.74, 6) is -0.0748. The smallest absolute Gasteiger partial charge is 0.290 e. The minimum atomic E-state index is -0.431. The van der Waals surface area contributed by atoms with Crippen molar-refractivity contribution in [1.82, 2.24) is 10.2 Å². The molecule has 3 rings (SSSR count). The highest BCUT2D eigenvalue weighted by molar-refractivity contribution is 9.10. The van der Waals surface area contributed by atoms with Gasteiger partial charge in [0.2, 0.25) is 5.91 Å². The Morgan fingerprint density at radius 1 is 1.30 bits per heavy atom. The van der Waals surface area contributed by atoms with Gasteiger partial charge in [0.25, 0.3) is 5.91 Å². The first-order valence-corrected chi connectivity index (χ1v) is 8.31. The molecule has 2 aromatic rings. The topological polar surface area (TPSA) is 62.6 Å². The fraction of sp³-hybridized carbons (Fsp3) is 0.294. The van der Waals surface area contributed by atoms with E-state index in [2.05, 4.69) is 21.2 Å². The van der Waals surface area contributed by atoms with Gasteiger partial charge in [-0.3, -0.25) is 9.59 Å². The van der Waals surface area contributed by atoms with Crippen molar-refractivity contribution in [3.05, 3.63) is 58.5 Å². The molecular weight excluding hydrogens is 360 g/mol. The van der Waals surface area contributed by atoms with Gasteiger partial charge in [0.05, 0.1) is 6.26 Å². The molecule has 0 saturated carbocycles. The van der Waals surface area contributed by atoms with Crippen molar-refractivity contribution in [1.29, 1.82) is 0 Å². The zero-order valence-corrected chi connectivity index (χ0v) is 14.1. The predicted octanol–water partition coefficient (Wildman–Crippen LogP) is 2.96. The van der Waals surface area contributed by atoms with Gasteiger partial charge in [0, 0.05) is 17.6 Å². The van der Waals surface area contributed by atoms with E-state index in [4.69, 9.17) is 4.42 Å². The fourth-order valence-corrected chi connectivity index (χ4v) is 3.22. The van der Waals surface area contributed by atoms with Crippen LogP contribution in [-0.4, -0.2) is 29.3 Å². The Bertz CT molecular complexity index is 700. The number of hydrogen-bond donors (Lipinski definition) is 1. The molecule has 1 fully saturated rings. The fourth-order valence-electron chi connectivity index (χ4n) is 2.78. The number of hydrogen-bond acceptors (Lipinski definition) is 3. The van der Waals surface area contributed by atoms with Gasteiger partial charge in [-0.05, 0) is 42.7 Å². The largest absolute Gasteiger partial charge is 0.459 e. The molecule has 1 unspecified atom stereocenters. The predicted molar refractivity (Wildman–Crippen MR) is 88.8 cm³/mol. The lowest BCUT2D eigenvalue weighted by molar-refractivity contribution is -0.125. The van der Waals surface area contributed by atoms with Crippen molar-refractivity contribution < 1.29 is 14.0 Å². The van der Waals surface area contributed by atoms with Crippen molar-refractivity contribution in [2.45, 2.75) is 25.4 Å². The van der Waals surface area contributed by atoms with Crippen LogP contribution in [0.3, 0.4) is 0 Å². The normalized spacial score (nSPS) is 17.3. The molecule has 2 heterocycles. The Kier molecular flexibility index (Phi) is 4.81. The summed E-state index contributed by atoms with van der Waals surface area (Å²) in [4.78, 5) is 26.4. The maximum absolute atomic E-state index is 12.4. The van der Waals surface area contributed by atoms with E-state index in [0.717, 1.165) is 16.5 Å². The van der Waals surface area contributed by atoms with Gasteiger partial charge in [0.1, 0.15) is 6.04 Å². The second-order valence-corrected chi connectivity index (χ2v) is 6.40. The van der Waals surface area contributed by atoms with E-state index in [9.17, 15) is 9.59 Å². The molecule has 1 aromatic carbocycles. The molecule has 6 heteroatoms. The van der Waals surface area contributed by atoms with E-state index in [1.165, 1.54) is 6.26 Å². The molecule has 0 aliphatic carbocycles. The van der Waals surface area contributed by atoms with E-state index >= 15 is 0 Å². The summed E-state index contributed by atoms with van der Waals surface area (Å²) in [6, 6.07) is 10.6. The monoisotopic (exact) mass is 376 g/mol. The van der Waals surface area contributed by atoms with Gasteiger partial charge in [-0.25, -0.2) is 0 Å². The van der Waals surface area contributed by atoms with Crippen molar-refractivity contribution in [3.8, 4) is 0 Å². The molecule has 5 nitrogen and oxygen atoms in total. The average molecular weight is 377 g/mol. The van der Waals surface area contributed by atoms with Crippen LogP contribution in [0.25, 0.3) is 0 Å². The number of rotatable bonds is 4. The number of carbonyl (C=O) groups excluding carboxylic acids is 2. The maximum Gasteiger partial charge on any atom is 0.290 e. The molecule has 1 N–H and O–H groups in total. The lowest BCUT2D eigenvalue weighted by Gasteiger charge is -2.23.